The average molecular weight is 236 g/mol. The van der Waals surface area contributed by atoms with Crippen molar-refractivity contribution in [1.29, 1.82) is 0 Å². The van der Waals surface area contributed by atoms with E-state index in [1.807, 2.05) is 13.0 Å². The van der Waals surface area contributed by atoms with Crippen molar-refractivity contribution in [3.63, 3.8) is 0 Å². The average Bonchev–Trinajstić information content (AvgIpc) is 2.24. The molecule has 3 N–H and O–H groups in total. The van der Waals surface area contributed by atoms with Gasteiger partial charge in [-0.15, -0.1) is 0 Å². The molecule has 3 heteroatoms. The number of benzene rings is 1. The highest BCUT2D eigenvalue weighted by atomic mass is 19.1. The van der Waals surface area contributed by atoms with Crippen molar-refractivity contribution in [3.05, 3.63) is 35.1 Å². The fourth-order valence-corrected chi connectivity index (χ4v) is 2.49. The molecule has 1 unspecified atom stereocenters. The Hall–Kier alpha value is -0.930. The number of nitrogens with two attached hydrogens (primary N) is 1. The van der Waals surface area contributed by atoms with Crippen LogP contribution in [-0.2, 0) is 6.42 Å². The summed E-state index contributed by atoms with van der Waals surface area (Å²) in [5.41, 5.74) is 5.10. The van der Waals surface area contributed by atoms with Crippen molar-refractivity contribution in [2.45, 2.75) is 45.1 Å². The molecule has 0 saturated heterocycles. The van der Waals surface area contributed by atoms with E-state index in [2.05, 4.69) is 5.43 Å². The van der Waals surface area contributed by atoms with Crippen LogP contribution in [0.25, 0.3) is 0 Å². The van der Waals surface area contributed by atoms with Gasteiger partial charge in [0.05, 0.1) is 0 Å². The van der Waals surface area contributed by atoms with Crippen molar-refractivity contribution in [3.8, 4) is 0 Å². The van der Waals surface area contributed by atoms with Gasteiger partial charge in [-0.05, 0) is 48.9 Å². The Morgan fingerprint density at radius 2 is 2.24 bits per heavy atom. The molecule has 0 amide bonds. The second-order valence-corrected chi connectivity index (χ2v) is 5.17. The number of hydrogen-bond donors (Lipinski definition) is 2. The molecule has 1 aromatic rings. The second-order valence-electron chi connectivity index (χ2n) is 5.17. The summed E-state index contributed by atoms with van der Waals surface area (Å²) >= 11 is 0. The number of nitrogens with one attached hydrogen (secondary N) is 1. The van der Waals surface area contributed by atoms with Gasteiger partial charge in [0, 0.05) is 6.04 Å². The molecule has 2 rings (SSSR count). The molecule has 0 aliphatic heterocycles. The van der Waals surface area contributed by atoms with Crippen LogP contribution in [0.1, 0.15) is 36.8 Å². The lowest BCUT2D eigenvalue weighted by Crippen LogP contribution is -2.39. The molecule has 1 fully saturated rings. The predicted octanol–water partition coefficient (Wildman–Crippen LogP) is 2.70. The zero-order chi connectivity index (χ0) is 12.3. The third kappa shape index (κ3) is 3.27. The van der Waals surface area contributed by atoms with Crippen molar-refractivity contribution >= 4 is 0 Å². The SMILES string of the molecule is Cc1cc(F)ccc1CC(CC1CCC1)NN. The minimum Gasteiger partial charge on any atom is -0.271 e. The zero-order valence-electron chi connectivity index (χ0n) is 10.4. The number of hydrazine groups is 1. The Kier molecular flexibility index (Phi) is 4.13. The van der Waals surface area contributed by atoms with Gasteiger partial charge >= 0.3 is 0 Å². The molecule has 0 radical (unpaired) electrons. The number of hydrogen-bond acceptors (Lipinski definition) is 2. The fraction of sp³-hybridized carbons (Fsp3) is 0.571. The van der Waals surface area contributed by atoms with Crippen LogP contribution in [0, 0.1) is 18.7 Å². The monoisotopic (exact) mass is 236 g/mol. The first-order valence-corrected chi connectivity index (χ1v) is 6.40. The van der Waals surface area contributed by atoms with Crippen LogP contribution in [0.3, 0.4) is 0 Å². The van der Waals surface area contributed by atoms with Gasteiger partial charge in [0.2, 0.25) is 0 Å². The molecule has 0 spiro atoms. The second kappa shape index (κ2) is 5.61. The van der Waals surface area contributed by atoms with E-state index < -0.39 is 0 Å². The van der Waals surface area contributed by atoms with E-state index in [-0.39, 0.29) is 5.82 Å². The number of aryl methyl sites for hydroxylation is 1. The smallest absolute Gasteiger partial charge is 0.123 e. The number of rotatable bonds is 5. The van der Waals surface area contributed by atoms with E-state index in [0.29, 0.717) is 6.04 Å². The molecule has 1 aromatic carbocycles. The van der Waals surface area contributed by atoms with Crippen LogP contribution in [0.4, 0.5) is 4.39 Å². The Morgan fingerprint density at radius 1 is 1.47 bits per heavy atom. The van der Waals surface area contributed by atoms with Gasteiger partial charge < -0.3 is 0 Å². The van der Waals surface area contributed by atoms with Crippen molar-refractivity contribution in [2.24, 2.45) is 11.8 Å². The highest BCUT2D eigenvalue weighted by molar-refractivity contribution is 5.27. The zero-order valence-corrected chi connectivity index (χ0v) is 10.4. The highest BCUT2D eigenvalue weighted by Gasteiger charge is 2.21. The fourth-order valence-electron chi connectivity index (χ4n) is 2.49. The minimum absolute atomic E-state index is 0.164. The quantitative estimate of drug-likeness (QED) is 0.609. The Morgan fingerprint density at radius 3 is 2.76 bits per heavy atom. The van der Waals surface area contributed by atoms with Crippen LogP contribution in [-0.4, -0.2) is 6.04 Å². The van der Waals surface area contributed by atoms with Crippen LogP contribution in [0.2, 0.25) is 0 Å². The summed E-state index contributed by atoms with van der Waals surface area (Å²) in [5, 5.41) is 0. The van der Waals surface area contributed by atoms with E-state index in [1.54, 1.807) is 6.07 Å². The predicted molar refractivity (Wildman–Crippen MR) is 67.9 cm³/mol. The first-order chi connectivity index (χ1) is 8.19. The van der Waals surface area contributed by atoms with Crippen molar-refractivity contribution in [2.75, 3.05) is 0 Å². The molecule has 94 valence electrons. The van der Waals surface area contributed by atoms with Gasteiger partial charge in [0.25, 0.3) is 0 Å². The van der Waals surface area contributed by atoms with Gasteiger partial charge in [-0.3, -0.25) is 11.3 Å². The molecule has 1 saturated carbocycles. The summed E-state index contributed by atoms with van der Waals surface area (Å²) in [4.78, 5) is 0. The van der Waals surface area contributed by atoms with E-state index >= 15 is 0 Å². The molecule has 1 aliphatic carbocycles. The lowest BCUT2D eigenvalue weighted by Gasteiger charge is -2.29. The lowest BCUT2D eigenvalue weighted by molar-refractivity contribution is 0.259. The summed E-state index contributed by atoms with van der Waals surface area (Å²) in [6.07, 6.45) is 6.05. The van der Waals surface area contributed by atoms with Crippen LogP contribution >= 0.6 is 0 Å². The Balaban J connectivity index is 1.96. The summed E-state index contributed by atoms with van der Waals surface area (Å²) in [5.74, 6) is 6.27. The van der Waals surface area contributed by atoms with Crippen molar-refractivity contribution in [1.82, 2.24) is 5.43 Å². The lowest BCUT2D eigenvalue weighted by atomic mass is 9.80. The molecule has 1 aliphatic rings. The van der Waals surface area contributed by atoms with Gasteiger partial charge in [-0.25, -0.2) is 4.39 Å². The van der Waals surface area contributed by atoms with Crippen LogP contribution < -0.4 is 11.3 Å². The standard InChI is InChI=1S/C14H21FN2/c1-10-7-13(15)6-5-12(10)9-14(17-16)8-11-3-2-4-11/h5-7,11,14,17H,2-4,8-9,16H2,1H3. The highest BCUT2D eigenvalue weighted by Crippen LogP contribution is 2.31. The largest absolute Gasteiger partial charge is 0.271 e. The summed E-state index contributed by atoms with van der Waals surface area (Å²) in [7, 11) is 0. The van der Waals surface area contributed by atoms with E-state index in [0.717, 1.165) is 24.3 Å². The Labute approximate surface area is 102 Å². The third-order valence-electron chi connectivity index (χ3n) is 3.85. The molecular formula is C14H21FN2. The van der Waals surface area contributed by atoms with Gasteiger partial charge in [-0.2, -0.15) is 0 Å². The first kappa shape index (κ1) is 12.5. The molecule has 2 nitrogen and oxygen atoms in total. The van der Waals surface area contributed by atoms with Crippen LogP contribution in [0.5, 0.6) is 0 Å². The maximum absolute atomic E-state index is 13.0. The molecule has 0 bridgehead atoms. The van der Waals surface area contributed by atoms with E-state index in [9.17, 15) is 4.39 Å². The topological polar surface area (TPSA) is 38.0 Å². The normalized spacial score (nSPS) is 17.8. The molecular weight excluding hydrogens is 215 g/mol. The van der Waals surface area contributed by atoms with E-state index in [1.165, 1.54) is 30.9 Å². The summed E-state index contributed by atoms with van der Waals surface area (Å²) in [6.45, 7) is 1.95. The van der Waals surface area contributed by atoms with Gasteiger partial charge in [0.15, 0.2) is 0 Å². The molecule has 1 atom stereocenters. The molecule has 0 aromatic heterocycles. The molecule has 17 heavy (non-hydrogen) atoms. The third-order valence-corrected chi connectivity index (χ3v) is 3.85. The number of halogens is 1. The first-order valence-electron chi connectivity index (χ1n) is 6.40. The minimum atomic E-state index is -0.164. The van der Waals surface area contributed by atoms with E-state index in [4.69, 9.17) is 5.84 Å². The molecule has 0 heterocycles. The van der Waals surface area contributed by atoms with Gasteiger partial charge in [0.1, 0.15) is 5.82 Å². The maximum Gasteiger partial charge on any atom is 0.123 e. The van der Waals surface area contributed by atoms with Crippen LogP contribution in [0.15, 0.2) is 18.2 Å². The van der Waals surface area contributed by atoms with Gasteiger partial charge in [-0.1, -0.05) is 25.3 Å². The van der Waals surface area contributed by atoms with Crippen molar-refractivity contribution < 1.29 is 4.39 Å². The summed E-state index contributed by atoms with van der Waals surface area (Å²) in [6, 6.07) is 5.30. The summed E-state index contributed by atoms with van der Waals surface area (Å²) < 4.78 is 13.0. The Bertz CT molecular complexity index is 374. The maximum atomic E-state index is 13.0.